The molecule has 156 valence electrons. The quantitative estimate of drug-likeness (QED) is 0.647. The van der Waals surface area contributed by atoms with Crippen molar-refractivity contribution in [3.8, 4) is 12.0 Å². The molecule has 0 spiro atoms. The molecule has 2 N–H and O–H groups in total. The minimum absolute atomic E-state index is 0.0210. The molecule has 0 aliphatic rings. The molecule has 1 aromatic carbocycles. The van der Waals surface area contributed by atoms with Gasteiger partial charge >= 0.3 is 0 Å². The van der Waals surface area contributed by atoms with Crippen LogP contribution in [0.3, 0.4) is 0 Å². The minimum atomic E-state index is -3.76. The minimum Gasteiger partial charge on any atom is -0.443 e. The van der Waals surface area contributed by atoms with Crippen LogP contribution in [-0.4, -0.2) is 24.4 Å². The van der Waals surface area contributed by atoms with Gasteiger partial charge in [-0.1, -0.05) is 6.07 Å². The normalized spacial score (nSPS) is 11.8. The van der Waals surface area contributed by atoms with Crippen molar-refractivity contribution < 1.29 is 17.6 Å². The molecule has 0 saturated heterocycles. The molecule has 3 rings (SSSR count). The van der Waals surface area contributed by atoms with Crippen LogP contribution in [0.25, 0.3) is 5.88 Å². The largest absolute Gasteiger partial charge is 0.443 e. The van der Waals surface area contributed by atoms with Gasteiger partial charge in [-0.2, -0.15) is 5.26 Å². The van der Waals surface area contributed by atoms with Crippen molar-refractivity contribution in [3.63, 3.8) is 0 Å². The van der Waals surface area contributed by atoms with Crippen molar-refractivity contribution in [2.45, 2.75) is 38.1 Å². The Morgan fingerprint density at radius 3 is 2.43 bits per heavy atom. The van der Waals surface area contributed by atoms with Crippen molar-refractivity contribution >= 4 is 21.6 Å². The summed E-state index contributed by atoms with van der Waals surface area (Å²) in [6.07, 6.45) is 3.41. The zero-order valence-electron chi connectivity index (χ0n) is 17.1. The Balaban J connectivity index is 1.92. The fourth-order valence-corrected chi connectivity index (χ4v) is 4.42. The molecule has 9 heteroatoms. The van der Waals surface area contributed by atoms with Crippen molar-refractivity contribution in [1.29, 1.82) is 5.26 Å². The number of carbonyl (C=O) groups excluding carboxylic acids is 1. The lowest BCUT2D eigenvalue weighted by Crippen LogP contribution is -2.40. The molecule has 30 heavy (non-hydrogen) atoms. The number of furan rings is 1. The zero-order chi connectivity index (χ0) is 22.1. The Morgan fingerprint density at radius 2 is 1.83 bits per heavy atom. The lowest BCUT2D eigenvalue weighted by atomic mass is 10.1. The second kappa shape index (κ2) is 7.82. The molecule has 1 amide bonds. The Morgan fingerprint density at radius 1 is 1.17 bits per heavy atom. The van der Waals surface area contributed by atoms with Gasteiger partial charge in [-0.25, -0.2) is 13.1 Å². The van der Waals surface area contributed by atoms with Crippen LogP contribution >= 0.6 is 0 Å². The number of anilines is 1. The fourth-order valence-electron chi connectivity index (χ4n) is 2.96. The predicted molar refractivity (Wildman–Crippen MR) is 112 cm³/mol. The van der Waals surface area contributed by atoms with Gasteiger partial charge < -0.3 is 9.73 Å². The van der Waals surface area contributed by atoms with Gasteiger partial charge in [-0.05, 0) is 58.0 Å². The number of rotatable bonds is 5. The summed E-state index contributed by atoms with van der Waals surface area (Å²) in [5, 5.41) is 12.3. The number of sulfonamides is 1. The number of benzene rings is 1. The molecule has 8 nitrogen and oxygen atoms in total. The van der Waals surface area contributed by atoms with Gasteiger partial charge in [0.1, 0.15) is 23.0 Å². The highest BCUT2D eigenvalue weighted by Crippen LogP contribution is 2.27. The van der Waals surface area contributed by atoms with E-state index in [4.69, 9.17) is 4.42 Å². The Hall–Kier alpha value is -3.35. The van der Waals surface area contributed by atoms with Gasteiger partial charge in [0.25, 0.3) is 5.91 Å². The van der Waals surface area contributed by atoms with E-state index in [1.165, 1.54) is 18.2 Å². The highest BCUT2D eigenvalue weighted by molar-refractivity contribution is 7.89. The zero-order valence-corrected chi connectivity index (χ0v) is 17.9. The number of aromatic nitrogens is 1. The van der Waals surface area contributed by atoms with Crippen LogP contribution in [-0.2, 0) is 10.0 Å². The Kier molecular flexibility index (Phi) is 5.57. The Labute approximate surface area is 175 Å². The summed E-state index contributed by atoms with van der Waals surface area (Å²) < 4.78 is 34.9. The monoisotopic (exact) mass is 426 g/mol. The standard InChI is InChI=1S/C21H22N4O4S/c1-14-18(17(13-22)20(29-14)25-10-5-6-11-25)19(26)23-15-8-7-9-16(12-15)30(27,28)24-21(2,3)4/h5-12,24H,1-4H3,(H,23,26). The summed E-state index contributed by atoms with van der Waals surface area (Å²) in [5.74, 6) is -0.0358. The molecule has 0 atom stereocenters. The molecule has 2 heterocycles. The summed E-state index contributed by atoms with van der Waals surface area (Å²) in [7, 11) is -3.76. The maximum absolute atomic E-state index is 12.9. The highest BCUT2D eigenvalue weighted by Gasteiger charge is 2.26. The van der Waals surface area contributed by atoms with Crippen LogP contribution in [0.5, 0.6) is 0 Å². The van der Waals surface area contributed by atoms with Crippen LogP contribution in [0.4, 0.5) is 5.69 Å². The van der Waals surface area contributed by atoms with Gasteiger partial charge in [0, 0.05) is 23.6 Å². The number of aryl methyl sites for hydroxylation is 1. The number of hydrogen-bond acceptors (Lipinski definition) is 5. The van der Waals surface area contributed by atoms with Crippen molar-refractivity contribution in [2.24, 2.45) is 0 Å². The summed E-state index contributed by atoms with van der Waals surface area (Å²) in [4.78, 5) is 12.9. The van der Waals surface area contributed by atoms with E-state index in [-0.39, 0.29) is 33.4 Å². The third-order valence-corrected chi connectivity index (χ3v) is 5.84. The van der Waals surface area contributed by atoms with Crippen molar-refractivity contribution in [3.05, 3.63) is 65.7 Å². The molecule has 0 fully saturated rings. The van der Waals surface area contributed by atoms with E-state index in [0.29, 0.717) is 0 Å². The van der Waals surface area contributed by atoms with Crippen molar-refractivity contribution in [2.75, 3.05) is 5.32 Å². The van der Waals surface area contributed by atoms with E-state index >= 15 is 0 Å². The summed E-state index contributed by atoms with van der Waals surface area (Å²) >= 11 is 0. The van der Waals surface area contributed by atoms with E-state index in [1.807, 2.05) is 6.07 Å². The first kappa shape index (κ1) is 21.4. The fraction of sp³-hybridized carbons (Fsp3) is 0.238. The number of carbonyl (C=O) groups is 1. The summed E-state index contributed by atoms with van der Waals surface area (Å²) in [6, 6.07) is 11.5. The predicted octanol–water partition coefficient (Wildman–Crippen LogP) is 3.58. The van der Waals surface area contributed by atoms with Gasteiger partial charge in [-0.15, -0.1) is 0 Å². The van der Waals surface area contributed by atoms with E-state index in [0.717, 1.165) is 0 Å². The van der Waals surface area contributed by atoms with Crippen LogP contribution in [0.1, 0.15) is 42.5 Å². The molecule has 2 aromatic heterocycles. The first-order valence-electron chi connectivity index (χ1n) is 9.14. The second-order valence-corrected chi connectivity index (χ2v) is 9.44. The molecule has 0 bridgehead atoms. The van der Waals surface area contributed by atoms with Crippen LogP contribution in [0.15, 0.2) is 58.1 Å². The van der Waals surface area contributed by atoms with Crippen LogP contribution in [0.2, 0.25) is 0 Å². The van der Waals surface area contributed by atoms with E-state index < -0.39 is 21.5 Å². The number of nitrogens with one attached hydrogen (secondary N) is 2. The van der Waals surface area contributed by atoms with Crippen molar-refractivity contribution in [1.82, 2.24) is 9.29 Å². The molecule has 0 aliphatic heterocycles. The molecule has 0 saturated carbocycles. The smallest absolute Gasteiger partial charge is 0.260 e. The molecular formula is C21H22N4O4S. The van der Waals surface area contributed by atoms with Gasteiger partial charge in [0.05, 0.1) is 4.90 Å². The third kappa shape index (κ3) is 4.45. The molecule has 0 aliphatic carbocycles. The van der Waals surface area contributed by atoms with Gasteiger partial charge in [-0.3, -0.25) is 9.36 Å². The molecule has 3 aromatic rings. The average Bonchev–Trinajstić information content (AvgIpc) is 3.27. The number of hydrogen-bond donors (Lipinski definition) is 2. The molecule has 0 radical (unpaired) electrons. The SMILES string of the molecule is Cc1oc(-n2cccc2)c(C#N)c1C(=O)Nc1cccc(S(=O)(=O)NC(C)(C)C)c1. The van der Waals surface area contributed by atoms with E-state index in [9.17, 15) is 18.5 Å². The lowest BCUT2D eigenvalue weighted by molar-refractivity contribution is 0.102. The summed E-state index contributed by atoms with van der Waals surface area (Å²) in [6.45, 7) is 6.81. The third-order valence-electron chi connectivity index (χ3n) is 4.09. The number of nitriles is 1. The van der Waals surface area contributed by atoms with Gasteiger partial charge in [0.2, 0.25) is 15.9 Å². The second-order valence-electron chi connectivity index (χ2n) is 7.75. The average molecular weight is 426 g/mol. The maximum atomic E-state index is 12.9. The van der Waals surface area contributed by atoms with E-state index in [2.05, 4.69) is 10.0 Å². The van der Waals surface area contributed by atoms with E-state index in [1.54, 1.807) is 62.9 Å². The highest BCUT2D eigenvalue weighted by atomic mass is 32.2. The topological polar surface area (TPSA) is 117 Å². The molecule has 0 unspecified atom stereocenters. The summed E-state index contributed by atoms with van der Waals surface area (Å²) in [5.41, 5.74) is -0.173. The first-order chi connectivity index (χ1) is 14.0. The number of amides is 1. The first-order valence-corrected chi connectivity index (χ1v) is 10.6. The number of nitrogens with zero attached hydrogens (tertiary/aromatic N) is 2. The molecular weight excluding hydrogens is 404 g/mol. The van der Waals surface area contributed by atoms with Gasteiger partial charge in [0.15, 0.2) is 0 Å². The maximum Gasteiger partial charge on any atom is 0.260 e. The lowest BCUT2D eigenvalue weighted by Gasteiger charge is -2.20. The Bertz CT molecular complexity index is 1230. The van der Waals surface area contributed by atoms with Crippen LogP contribution in [0, 0.1) is 18.3 Å². The van der Waals surface area contributed by atoms with Crippen LogP contribution < -0.4 is 10.0 Å².